The fourth-order valence-electron chi connectivity index (χ4n) is 4.30. The summed E-state index contributed by atoms with van der Waals surface area (Å²) in [7, 11) is 0. The smallest absolute Gasteiger partial charge is 0.245 e. The van der Waals surface area contributed by atoms with Crippen molar-refractivity contribution in [3.8, 4) is 0 Å². The van der Waals surface area contributed by atoms with Gasteiger partial charge in [0.1, 0.15) is 5.54 Å². The van der Waals surface area contributed by atoms with Gasteiger partial charge in [0.05, 0.1) is 0 Å². The summed E-state index contributed by atoms with van der Waals surface area (Å²) in [5.74, 6) is 0.207. The standard InChI is InChI=1S/C19H30N2O2/c1-19(18(23)20-16-9-5-6-10-16)13-11-17(22)21(19)14-12-15-7-3-2-4-8-15/h7,16H,2-6,8-14H2,1H3,(H,20,23)/t19-/m1/s1. The highest BCUT2D eigenvalue weighted by molar-refractivity contribution is 5.94. The van der Waals surface area contributed by atoms with Crippen molar-refractivity contribution in [1.82, 2.24) is 10.2 Å². The van der Waals surface area contributed by atoms with E-state index in [-0.39, 0.29) is 11.8 Å². The zero-order valence-corrected chi connectivity index (χ0v) is 14.4. The summed E-state index contributed by atoms with van der Waals surface area (Å²) in [4.78, 5) is 27.0. The number of carbonyl (C=O) groups is 2. The average molecular weight is 318 g/mol. The van der Waals surface area contributed by atoms with Crippen molar-refractivity contribution in [1.29, 1.82) is 0 Å². The van der Waals surface area contributed by atoms with Crippen molar-refractivity contribution in [2.75, 3.05) is 6.54 Å². The van der Waals surface area contributed by atoms with E-state index in [4.69, 9.17) is 0 Å². The van der Waals surface area contributed by atoms with E-state index >= 15 is 0 Å². The first-order valence-electron chi connectivity index (χ1n) is 9.39. The van der Waals surface area contributed by atoms with Gasteiger partial charge in [-0.25, -0.2) is 0 Å². The molecule has 4 heteroatoms. The van der Waals surface area contributed by atoms with Crippen LogP contribution in [-0.4, -0.2) is 34.8 Å². The van der Waals surface area contributed by atoms with Gasteiger partial charge in [0.25, 0.3) is 0 Å². The molecule has 0 aromatic carbocycles. The van der Waals surface area contributed by atoms with Crippen LogP contribution in [0.3, 0.4) is 0 Å². The maximum absolute atomic E-state index is 12.8. The third-order valence-corrected chi connectivity index (χ3v) is 5.94. The summed E-state index contributed by atoms with van der Waals surface area (Å²) in [6.07, 6.45) is 13.9. The van der Waals surface area contributed by atoms with Crippen molar-refractivity contribution in [2.24, 2.45) is 0 Å². The summed E-state index contributed by atoms with van der Waals surface area (Å²) in [5.41, 5.74) is 0.823. The molecule has 1 saturated carbocycles. The van der Waals surface area contributed by atoms with Crippen LogP contribution in [0.4, 0.5) is 0 Å². The Labute approximate surface area is 139 Å². The van der Waals surface area contributed by atoms with Gasteiger partial charge >= 0.3 is 0 Å². The van der Waals surface area contributed by atoms with Crippen LogP contribution in [0.2, 0.25) is 0 Å². The molecule has 128 valence electrons. The Kier molecular flexibility index (Phi) is 5.08. The predicted octanol–water partition coefficient (Wildman–Crippen LogP) is 3.32. The lowest BCUT2D eigenvalue weighted by atomic mass is 9.94. The van der Waals surface area contributed by atoms with Crippen molar-refractivity contribution in [3.63, 3.8) is 0 Å². The Morgan fingerprint density at radius 2 is 2.04 bits per heavy atom. The zero-order valence-electron chi connectivity index (χ0n) is 14.4. The molecule has 2 aliphatic carbocycles. The number of hydrogen-bond acceptors (Lipinski definition) is 2. The van der Waals surface area contributed by atoms with Gasteiger partial charge in [-0.3, -0.25) is 9.59 Å². The SMILES string of the molecule is C[C@]1(C(=O)NC2CCCC2)CCC(=O)N1CCC1=CCCCC1. The van der Waals surface area contributed by atoms with Crippen LogP contribution >= 0.6 is 0 Å². The zero-order chi connectivity index (χ0) is 16.3. The topological polar surface area (TPSA) is 49.4 Å². The molecule has 0 aromatic heterocycles. The normalized spacial score (nSPS) is 29.0. The summed E-state index contributed by atoms with van der Waals surface area (Å²) in [6, 6.07) is 0.318. The van der Waals surface area contributed by atoms with Crippen LogP contribution in [0.1, 0.15) is 77.6 Å². The van der Waals surface area contributed by atoms with E-state index in [1.807, 2.05) is 11.8 Å². The molecule has 4 nitrogen and oxygen atoms in total. The van der Waals surface area contributed by atoms with E-state index in [9.17, 15) is 9.59 Å². The Morgan fingerprint density at radius 1 is 1.26 bits per heavy atom. The van der Waals surface area contributed by atoms with Gasteiger partial charge in [-0.05, 0) is 58.3 Å². The third-order valence-electron chi connectivity index (χ3n) is 5.94. The number of amides is 2. The lowest BCUT2D eigenvalue weighted by Crippen LogP contribution is -2.56. The Bertz CT molecular complexity index is 494. The summed E-state index contributed by atoms with van der Waals surface area (Å²) in [6.45, 7) is 2.65. The second kappa shape index (κ2) is 7.06. The molecule has 3 rings (SSSR count). The molecule has 0 bridgehead atoms. The highest BCUT2D eigenvalue weighted by Gasteiger charge is 2.47. The van der Waals surface area contributed by atoms with E-state index in [1.165, 1.54) is 37.7 Å². The summed E-state index contributed by atoms with van der Waals surface area (Å²) < 4.78 is 0. The lowest BCUT2D eigenvalue weighted by molar-refractivity contribution is -0.140. The summed E-state index contributed by atoms with van der Waals surface area (Å²) in [5, 5.41) is 3.20. The number of rotatable bonds is 5. The average Bonchev–Trinajstić information content (AvgIpc) is 3.16. The first-order valence-corrected chi connectivity index (χ1v) is 9.39. The fraction of sp³-hybridized carbons (Fsp3) is 0.789. The molecule has 1 aliphatic heterocycles. The van der Waals surface area contributed by atoms with Gasteiger partial charge in [-0.15, -0.1) is 0 Å². The van der Waals surface area contributed by atoms with E-state index in [2.05, 4.69) is 11.4 Å². The molecule has 3 aliphatic rings. The molecule has 0 unspecified atom stereocenters. The van der Waals surface area contributed by atoms with Crippen LogP contribution in [0.5, 0.6) is 0 Å². The van der Waals surface area contributed by atoms with Crippen LogP contribution in [0.15, 0.2) is 11.6 Å². The van der Waals surface area contributed by atoms with Gasteiger partial charge < -0.3 is 10.2 Å². The number of nitrogens with one attached hydrogen (secondary N) is 1. The highest BCUT2D eigenvalue weighted by Crippen LogP contribution is 2.32. The van der Waals surface area contributed by atoms with E-state index < -0.39 is 5.54 Å². The third kappa shape index (κ3) is 3.61. The molecule has 2 fully saturated rings. The summed E-state index contributed by atoms with van der Waals surface area (Å²) >= 11 is 0. The maximum Gasteiger partial charge on any atom is 0.245 e. The van der Waals surface area contributed by atoms with Gasteiger partial charge in [-0.2, -0.15) is 0 Å². The molecule has 0 aromatic rings. The molecular formula is C19H30N2O2. The van der Waals surface area contributed by atoms with Crippen molar-refractivity contribution >= 4 is 11.8 Å². The van der Waals surface area contributed by atoms with Gasteiger partial charge in [0.15, 0.2) is 0 Å². The Hall–Kier alpha value is -1.32. The predicted molar refractivity (Wildman–Crippen MR) is 90.9 cm³/mol. The lowest BCUT2D eigenvalue weighted by Gasteiger charge is -2.35. The monoisotopic (exact) mass is 318 g/mol. The van der Waals surface area contributed by atoms with Crippen molar-refractivity contribution in [2.45, 2.75) is 89.1 Å². The highest BCUT2D eigenvalue weighted by atomic mass is 16.2. The van der Waals surface area contributed by atoms with Crippen LogP contribution in [0.25, 0.3) is 0 Å². The van der Waals surface area contributed by atoms with Gasteiger partial charge in [0.2, 0.25) is 11.8 Å². The van der Waals surface area contributed by atoms with Crippen molar-refractivity contribution in [3.05, 3.63) is 11.6 Å². The molecule has 1 saturated heterocycles. The minimum atomic E-state index is -0.644. The number of hydrogen-bond donors (Lipinski definition) is 1. The van der Waals surface area contributed by atoms with Crippen molar-refractivity contribution < 1.29 is 9.59 Å². The molecule has 2 amide bonds. The molecule has 1 heterocycles. The molecular weight excluding hydrogens is 288 g/mol. The number of carbonyl (C=O) groups excluding carboxylic acids is 2. The quantitative estimate of drug-likeness (QED) is 0.791. The Balaban J connectivity index is 1.62. The van der Waals surface area contributed by atoms with Gasteiger partial charge in [0, 0.05) is 19.0 Å². The minimum absolute atomic E-state index is 0.0628. The minimum Gasteiger partial charge on any atom is -0.351 e. The molecule has 1 atom stereocenters. The second-order valence-corrected chi connectivity index (χ2v) is 7.63. The van der Waals surface area contributed by atoms with Crippen LogP contribution in [0, 0.1) is 0 Å². The van der Waals surface area contributed by atoms with Crippen LogP contribution < -0.4 is 5.32 Å². The number of allylic oxidation sites excluding steroid dienone is 1. The first-order chi connectivity index (χ1) is 11.1. The van der Waals surface area contributed by atoms with Crippen LogP contribution in [-0.2, 0) is 9.59 Å². The van der Waals surface area contributed by atoms with E-state index in [1.54, 1.807) is 0 Å². The fourth-order valence-corrected chi connectivity index (χ4v) is 4.30. The van der Waals surface area contributed by atoms with Gasteiger partial charge in [-0.1, -0.05) is 24.5 Å². The van der Waals surface area contributed by atoms with E-state index in [0.717, 1.165) is 25.7 Å². The molecule has 1 N–H and O–H groups in total. The van der Waals surface area contributed by atoms with E-state index in [0.29, 0.717) is 25.4 Å². The molecule has 23 heavy (non-hydrogen) atoms. The molecule has 0 spiro atoms. The largest absolute Gasteiger partial charge is 0.351 e. The first kappa shape index (κ1) is 16.5. The Morgan fingerprint density at radius 3 is 2.74 bits per heavy atom. The number of likely N-dealkylation sites (tertiary alicyclic amines) is 1. The molecule has 0 radical (unpaired) electrons. The second-order valence-electron chi connectivity index (χ2n) is 7.63. The maximum atomic E-state index is 12.8. The number of nitrogens with zero attached hydrogens (tertiary/aromatic N) is 1.